The van der Waals surface area contributed by atoms with Crippen LogP contribution in [0.2, 0.25) is 0 Å². The number of benzene rings is 2. The molecule has 0 saturated carbocycles. The van der Waals surface area contributed by atoms with Crippen LogP contribution in [0.3, 0.4) is 0 Å². The third-order valence-corrected chi connectivity index (χ3v) is 5.31. The molecule has 3 aromatic rings. The number of hydrogen-bond acceptors (Lipinski definition) is 5. The van der Waals surface area contributed by atoms with Gasteiger partial charge in [0, 0.05) is 38.3 Å². The van der Waals surface area contributed by atoms with Crippen molar-refractivity contribution in [1.82, 2.24) is 10.2 Å². The Balaban J connectivity index is 1.61. The summed E-state index contributed by atoms with van der Waals surface area (Å²) < 4.78 is 50.5. The van der Waals surface area contributed by atoms with E-state index in [1.807, 2.05) is 0 Å². The van der Waals surface area contributed by atoms with E-state index >= 15 is 0 Å². The van der Waals surface area contributed by atoms with E-state index in [9.17, 15) is 18.0 Å². The molecule has 1 aliphatic rings. The van der Waals surface area contributed by atoms with E-state index in [0.717, 1.165) is 51.3 Å². The van der Waals surface area contributed by atoms with Crippen molar-refractivity contribution in [3.05, 3.63) is 64.3 Å². The van der Waals surface area contributed by atoms with E-state index in [1.165, 1.54) is 12.1 Å². The minimum absolute atomic E-state index is 0.0266. The number of hydrogen-bond donors (Lipinski definition) is 1. The second kappa shape index (κ2) is 9.11. The van der Waals surface area contributed by atoms with Crippen molar-refractivity contribution in [2.45, 2.75) is 12.6 Å². The quantitative estimate of drug-likeness (QED) is 0.593. The van der Waals surface area contributed by atoms with Crippen LogP contribution in [0.5, 0.6) is 5.75 Å². The molecule has 0 radical (unpaired) electrons. The molecule has 0 atom stereocenters. The summed E-state index contributed by atoms with van der Waals surface area (Å²) in [6.45, 7) is 4.99. The molecule has 0 amide bonds. The number of halogens is 3. The topological polar surface area (TPSA) is 54.7 Å². The molecule has 8 heteroatoms. The summed E-state index contributed by atoms with van der Waals surface area (Å²) in [6, 6.07) is 11.3. The highest BCUT2D eigenvalue weighted by molar-refractivity contribution is 5.81. The Morgan fingerprint density at radius 2 is 1.74 bits per heavy atom. The average Bonchev–Trinajstić information content (AvgIpc) is 2.78. The summed E-state index contributed by atoms with van der Waals surface area (Å²) >= 11 is 0. The van der Waals surface area contributed by atoms with Gasteiger partial charge in [-0.3, -0.25) is 4.79 Å². The predicted molar refractivity (Wildman–Crippen MR) is 112 cm³/mol. The molecule has 2 heterocycles. The normalized spacial score (nSPS) is 15.3. The van der Waals surface area contributed by atoms with E-state index < -0.39 is 11.7 Å². The highest BCUT2D eigenvalue weighted by Crippen LogP contribution is 2.34. The molecule has 5 nitrogen and oxygen atoms in total. The van der Waals surface area contributed by atoms with Crippen LogP contribution in [0.25, 0.3) is 22.3 Å². The van der Waals surface area contributed by atoms with Gasteiger partial charge in [-0.05, 0) is 30.7 Å². The zero-order valence-corrected chi connectivity index (χ0v) is 16.9. The van der Waals surface area contributed by atoms with E-state index in [4.69, 9.17) is 9.15 Å². The van der Waals surface area contributed by atoms with Gasteiger partial charge in [-0.15, -0.1) is 0 Å². The molecule has 164 valence electrons. The highest BCUT2D eigenvalue weighted by Gasteiger charge is 2.30. The first-order valence-electron chi connectivity index (χ1n) is 10.2. The number of alkyl halides is 3. The van der Waals surface area contributed by atoms with E-state index in [1.54, 1.807) is 24.3 Å². The van der Waals surface area contributed by atoms with Crippen molar-refractivity contribution < 1.29 is 22.3 Å². The molecule has 31 heavy (non-hydrogen) atoms. The van der Waals surface area contributed by atoms with Crippen LogP contribution in [0.4, 0.5) is 13.2 Å². The van der Waals surface area contributed by atoms with Crippen LogP contribution in [-0.4, -0.2) is 44.2 Å². The van der Waals surface area contributed by atoms with Crippen molar-refractivity contribution in [1.29, 1.82) is 0 Å². The largest absolute Gasteiger partial charge is 0.486 e. The summed E-state index contributed by atoms with van der Waals surface area (Å²) in [4.78, 5) is 15.4. The van der Waals surface area contributed by atoms with E-state index in [-0.39, 0.29) is 16.9 Å². The molecule has 0 unspecified atom stereocenters. The molecule has 1 N–H and O–H groups in total. The van der Waals surface area contributed by atoms with Crippen LogP contribution in [0.15, 0.2) is 57.7 Å². The Bertz CT molecular complexity index is 1090. The molecule has 0 aliphatic carbocycles. The standard InChI is InChI=1S/C23H23F3N2O3/c24-23(25,26)17-8-6-16(7-9-17)21-22(20(29)18-4-1-2-5-19(18)31-21)30-15-3-12-28-13-10-27-11-14-28/h1-2,4-9,27H,3,10-15H2. The number of rotatable bonds is 6. The second-order valence-corrected chi connectivity index (χ2v) is 7.45. The maximum Gasteiger partial charge on any atom is 0.416 e. The molecule has 4 rings (SSSR count). The fourth-order valence-electron chi connectivity index (χ4n) is 3.65. The Labute approximate surface area is 177 Å². The summed E-state index contributed by atoms with van der Waals surface area (Å²) in [5.74, 6) is 0.165. The molecule has 1 saturated heterocycles. The lowest BCUT2D eigenvalue weighted by Crippen LogP contribution is -2.44. The molecular formula is C23H23F3N2O3. The fourth-order valence-corrected chi connectivity index (χ4v) is 3.65. The van der Waals surface area contributed by atoms with E-state index in [0.29, 0.717) is 23.1 Å². The monoisotopic (exact) mass is 432 g/mol. The van der Waals surface area contributed by atoms with Crippen LogP contribution in [0, 0.1) is 0 Å². The van der Waals surface area contributed by atoms with Crippen molar-refractivity contribution in [3.63, 3.8) is 0 Å². The lowest BCUT2D eigenvalue weighted by Gasteiger charge is -2.27. The van der Waals surface area contributed by atoms with Gasteiger partial charge < -0.3 is 19.4 Å². The van der Waals surface area contributed by atoms with Crippen molar-refractivity contribution in [2.24, 2.45) is 0 Å². The van der Waals surface area contributed by atoms with Gasteiger partial charge in [0.15, 0.2) is 5.76 Å². The fraction of sp³-hybridized carbons (Fsp3) is 0.348. The first-order valence-corrected chi connectivity index (χ1v) is 10.2. The maximum absolute atomic E-state index is 13.1. The van der Waals surface area contributed by atoms with Crippen LogP contribution >= 0.6 is 0 Å². The van der Waals surface area contributed by atoms with Crippen LogP contribution < -0.4 is 15.5 Å². The minimum Gasteiger partial charge on any atom is -0.486 e. The lowest BCUT2D eigenvalue weighted by atomic mass is 10.1. The molecule has 1 aliphatic heterocycles. The number of nitrogens with one attached hydrogen (secondary N) is 1. The zero-order chi connectivity index (χ0) is 21.8. The third-order valence-electron chi connectivity index (χ3n) is 5.31. The Kier molecular flexibility index (Phi) is 6.29. The number of ether oxygens (including phenoxy) is 1. The van der Waals surface area contributed by atoms with Gasteiger partial charge in [0.25, 0.3) is 0 Å². The highest BCUT2D eigenvalue weighted by atomic mass is 19.4. The first kappa shape index (κ1) is 21.4. The molecular weight excluding hydrogens is 409 g/mol. The Morgan fingerprint density at radius 3 is 2.45 bits per heavy atom. The smallest absolute Gasteiger partial charge is 0.416 e. The first-order chi connectivity index (χ1) is 14.9. The molecule has 0 spiro atoms. The summed E-state index contributed by atoms with van der Waals surface area (Å²) in [6.07, 6.45) is -3.72. The van der Waals surface area contributed by atoms with Gasteiger partial charge in [-0.2, -0.15) is 13.2 Å². The van der Waals surface area contributed by atoms with Crippen molar-refractivity contribution in [2.75, 3.05) is 39.3 Å². The Hall–Kier alpha value is -2.84. The average molecular weight is 432 g/mol. The van der Waals surface area contributed by atoms with Crippen molar-refractivity contribution >= 4 is 11.0 Å². The predicted octanol–water partition coefficient (Wildman–Crippen LogP) is 4.15. The molecule has 0 bridgehead atoms. The SMILES string of the molecule is O=c1c(OCCCN2CCNCC2)c(-c2ccc(C(F)(F)F)cc2)oc2ccccc12. The van der Waals surface area contributed by atoms with E-state index in [2.05, 4.69) is 10.2 Å². The molecule has 1 fully saturated rings. The summed E-state index contributed by atoms with van der Waals surface area (Å²) in [5.41, 5.74) is -0.389. The number of para-hydroxylation sites is 1. The molecule has 2 aromatic carbocycles. The third kappa shape index (κ3) is 4.91. The van der Waals surface area contributed by atoms with Gasteiger partial charge in [0.05, 0.1) is 17.6 Å². The van der Waals surface area contributed by atoms with Gasteiger partial charge in [0.1, 0.15) is 5.58 Å². The summed E-state index contributed by atoms with van der Waals surface area (Å²) in [5, 5.41) is 3.67. The summed E-state index contributed by atoms with van der Waals surface area (Å²) in [7, 11) is 0. The number of nitrogens with zero attached hydrogens (tertiary/aromatic N) is 1. The zero-order valence-electron chi connectivity index (χ0n) is 16.9. The lowest BCUT2D eigenvalue weighted by molar-refractivity contribution is -0.137. The molecule has 1 aromatic heterocycles. The second-order valence-electron chi connectivity index (χ2n) is 7.45. The number of fused-ring (bicyclic) bond motifs is 1. The number of piperazine rings is 1. The minimum atomic E-state index is -4.44. The van der Waals surface area contributed by atoms with Gasteiger partial charge in [-0.25, -0.2) is 0 Å². The maximum atomic E-state index is 13.1. The van der Waals surface area contributed by atoms with Gasteiger partial charge in [0.2, 0.25) is 11.2 Å². The van der Waals surface area contributed by atoms with Crippen LogP contribution in [0.1, 0.15) is 12.0 Å². The van der Waals surface area contributed by atoms with Crippen molar-refractivity contribution in [3.8, 4) is 17.1 Å². The Morgan fingerprint density at radius 1 is 1.03 bits per heavy atom. The van der Waals surface area contributed by atoms with Gasteiger partial charge in [-0.1, -0.05) is 24.3 Å². The van der Waals surface area contributed by atoms with Gasteiger partial charge >= 0.3 is 6.18 Å². The van der Waals surface area contributed by atoms with Crippen LogP contribution in [-0.2, 0) is 6.18 Å².